The molecule has 15 heavy (non-hydrogen) atoms. The van der Waals surface area contributed by atoms with Crippen molar-refractivity contribution in [2.75, 3.05) is 7.05 Å². The van der Waals surface area contributed by atoms with Gasteiger partial charge in [-0.15, -0.1) is 11.3 Å². The van der Waals surface area contributed by atoms with Gasteiger partial charge in [0.2, 0.25) is 5.91 Å². The highest BCUT2D eigenvalue weighted by Gasteiger charge is 2.21. The maximum absolute atomic E-state index is 11.6. The van der Waals surface area contributed by atoms with Gasteiger partial charge in [0.05, 0.1) is 6.07 Å². The maximum Gasteiger partial charge on any atom is 0.223 e. The summed E-state index contributed by atoms with van der Waals surface area (Å²) in [5, 5.41) is 11.0. The minimum Gasteiger partial charge on any atom is -0.325 e. The fourth-order valence-electron chi connectivity index (χ4n) is 1.32. The topological polar surface area (TPSA) is 44.1 Å². The summed E-state index contributed by atoms with van der Waals surface area (Å²) < 4.78 is 0. The molecular weight excluding hydrogens is 208 g/mol. The first-order valence-corrected chi connectivity index (χ1v) is 5.77. The van der Waals surface area contributed by atoms with Crippen molar-refractivity contribution in [1.29, 1.82) is 5.26 Å². The number of hydrogen-bond acceptors (Lipinski definition) is 3. The lowest BCUT2D eigenvalue weighted by Crippen LogP contribution is -2.29. The molecule has 1 aromatic heterocycles. The second-order valence-corrected chi connectivity index (χ2v) is 4.28. The van der Waals surface area contributed by atoms with Crippen molar-refractivity contribution >= 4 is 17.2 Å². The van der Waals surface area contributed by atoms with Crippen molar-refractivity contribution in [1.82, 2.24) is 4.90 Å². The van der Waals surface area contributed by atoms with Gasteiger partial charge in [0.1, 0.15) is 0 Å². The van der Waals surface area contributed by atoms with Crippen LogP contribution in [0.15, 0.2) is 17.5 Å². The standard InChI is InChI=1S/C11H14N2OS/c1-3-5-11(14)13(2)9(8-12)10-6-4-7-15-10/h4,6-7,9H,3,5H2,1-2H3. The molecule has 80 valence electrons. The van der Waals surface area contributed by atoms with E-state index in [9.17, 15) is 4.79 Å². The van der Waals surface area contributed by atoms with E-state index >= 15 is 0 Å². The van der Waals surface area contributed by atoms with Crippen molar-refractivity contribution in [3.05, 3.63) is 22.4 Å². The number of hydrogen-bond donors (Lipinski definition) is 0. The van der Waals surface area contributed by atoms with Crippen LogP contribution in [0.3, 0.4) is 0 Å². The molecule has 0 saturated carbocycles. The van der Waals surface area contributed by atoms with E-state index in [1.807, 2.05) is 24.4 Å². The van der Waals surface area contributed by atoms with Gasteiger partial charge in [-0.25, -0.2) is 0 Å². The van der Waals surface area contributed by atoms with E-state index in [1.54, 1.807) is 7.05 Å². The maximum atomic E-state index is 11.6. The van der Waals surface area contributed by atoms with Gasteiger partial charge in [-0.2, -0.15) is 5.26 Å². The number of nitrogens with zero attached hydrogens (tertiary/aromatic N) is 2. The van der Waals surface area contributed by atoms with E-state index in [-0.39, 0.29) is 5.91 Å². The van der Waals surface area contributed by atoms with Crippen LogP contribution < -0.4 is 0 Å². The average molecular weight is 222 g/mol. The van der Waals surface area contributed by atoms with Crippen LogP contribution in [0, 0.1) is 11.3 Å². The van der Waals surface area contributed by atoms with Crippen molar-refractivity contribution in [2.45, 2.75) is 25.8 Å². The summed E-state index contributed by atoms with van der Waals surface area (Å²) in [5.74, 6) is 0.0254. The summed E-state index contributed by atoms with van der Waals surface area (Å²) in [6, 6.07) is 5.49. The molecule has 3 nitrogen and oxygen atoms in total. The number of carbonyl (C=O) groups excluding carboxylic acids is 1. The normalized spacial score (nSPS) is 11.8. The predicted molar refractivity (Wildman–Crippen MR) is 60.4 cm³/mol. The molecule has 1 heterocycles. The zero-order valence-electron chi connectivity index (χ0n) is 8.93. The summed E-state index contributed by atoms with van der Waals surface area (Å²) in [5.41, 5.74) is 0. The Morgan fingerprint density at radius 2 is 2.47 bits per heavy atom. The SMILES string of the molecule is CCCC(=O)N(C)C(C#N)c1cccs1. The molecule has 0 aromatic carbocycles. The number of carbonyl (C=O) groups is 1. The van der Waals surface area contributed by atoms with Crippen LogP contribution in [-0.4, -0.2) is 17.9 Å². The molecule has 1 rings (SSSR count). The molecule has 1 atom stereocenters. The van der Waals surface area contributed by atoms with Gasteiger partial charge in [-0.05, 0) is 17.9 Å². The molecule has 1 unspecified atom stereocenters. The van der Waals surface area contributed by atoms with Crippen molar-refractivity contribution < 1.29 is 4.79 Å². The fourth-order valence-corrected chi connectivity index (χ4v) is 2.13. The summed E-state index contributed by atoms with van der Waals surface area (Å²) in [4.78, 5) is 14.1. The third-order valence-electron chi connectivity index (χ3n) is 2.18. The Morgan fingerprint density at radius 1 is 1.73 bits per heavy atom. The van der Waals surface area contributed by atoms with Crippen LogP contribution >= 0.6 is 11.3 Å². The molecule has 0 saturated heterocycles. The lowest BCUT2D eigenvalue weighted by Gasteiger charge is -2.21. The number of thiophene rings is 1. The van der Waals surface area contributed by atoms with Gasteiger partial charge < -0.3 is 4.90 Å². The van der Waals surface area contributed by atoms with Crippen LogP contribution in [0.2, 0.25) is 0 Å². The van der Waals surface area contributed by atoms with Crippen molar-refractivity contribution in [3.63, 3.8) is 0 Å². The van der Waals surface area contributed by atoms with Crippen LogP contribution in [0.5, 0.6) is 0 Å². The summed E-state index contributed by atoms with van der Waals surface area (Å²) in [6.45, 7) is 1.96. The molecule has 0 aliphatic rings. The van der Waals surface area contributed by atoms with E-state index in [1.165, 1.54) is 16.2 Å². The molecule has 0 spiro atoms. The predicted octanol–water partition coefficient (Wildman–Crippen LogP) is 2.57. The first kappa shape index (κ1) is 11.7. The largest absolute Gasteiger partial charge is 0.325 e. The van der Waals surface area contributed by atoms with Gasteiger partial charge >= 0.3 is 0 Å². The third-order valence-corrected chi connectivity index (χ3v) is 3.10. The van der Waals surface area contributed by atoms with Gasteiger partial charge in [-0.1, -0.05) is 13.0 Å². The van der Waals surface area contributed by atoms with Gasteiger partial charge in [0.15, 0.2) is 6.04 Å². The summed E-state index contributed by atoms with van der Waals surface area (Å²) in [6.07, 6.45) is 1.31. The molecule has 1 amide bonds. The van der Waals surface area contributed by atoms with E-state index in [0.717, 1.165) is 11.3 Å². The molecule has 4 heteroatoms. The van der Waals surface area contributed by atoms with E-state index in [4.69, 9.17) is 5.26 Å². The van der Waals surface area contributed by atoms with Crippen molar-refractivity contribution in [3.8, 4) is 6.07 Å². The summed E-state index contributed by atoms with van der Waals surface area (Å²) >= 11 is 1.50. The average Bonchev–Trinajstić information content (AvgIpc) is 2.72. The number of rotatable bonds is 4. The molecule has 0 aliphatic heterocycles. The van der Waals surface area contributed by atoms with Crippen LogP contribution in [0.4, 0.5) is 0 Å². The first-order valence-electron chi connectivity index (χ1n) is 4.89. The second kappa shape index (κ2) is 5.52. The highest BCUT2D eigenvalue weighted by molar-refractivity contribution is 7.10. The molecule has 0 bridgehead atoms. The summed E-state index contributed by atoms with van der Waals surface area (Å²) in [7, 11) is 1.69. The zero-order chi connectivity index (χ0) is 11.3. The molecule has 0 fully saturated rings. The molecule has 0 radical (unpaired) electrons. The lowest BCUT2D eigenvalue weighted by molar-refractivity contribution is -0.131. The highest BCUT2D eigenvalue weighted by atomic mass is 32.1. The van der Waals surface area contributed by atoms with Gasteiger partial charge in [-0.3, -0.25) is 4.79 Å². The molecule has 1 aromatic rings. The van der Waals surface area contributed by atoms with Crippen LogP contribution in [0.25, 0.3) is 0 Å². The number of amides is 1. The quantitative estimate of drug-likeness (QED) is 0.786. The lowest BCUT2D eigenvalue weighted by atomic mass is 10.2. The van der Waals surface area contributed by atoms with Crippen molar-refractivity contribution in [2.24, 2.45) is 0 Å². The smallest absolute Gasteiger partial charge is 0.223 e. The molecule has 0 aliphatic carbocycles. The van der Waals surface area contributed by atoms with Crippen LogP contribution in [-0.2, 0) is 4.79 Å². The fraction of sp³-hybridized carbons (Fsp3) is 0.455. The highest BCUT2D eigenvalue weighted by Crippen LogP contribution is 2.23. The Bertz CT molecular complexity index is 353. The minimum atomic E-state index is -0.441. The molecule has 0 N–H and O–H groups in total. The number of nitriles is 1. The van der Waals surface area contributed by atoms with Crippen LogP contribution in [0.1, 0.15) is 30.7 Å². The monoisotopic (exact) mass is 222 g/mol. The second-order valence-electron chi connectivity index (χ2n) is 3.30. The first-order chi connectivity index (χ1) is 7.20. The Morgan fingerprint density at radius 3 is 2.93 bits per heavy atom. The van der Waals surface area contributed by atoms with Gasteiger partial charge in [0.25, 0.3) is 0 Å². The van der Waals surface area contributed by atoms with Gasteiger partial charge in [0, 0.05) is 18.3 Å². The third kappa shape index (κ3) is 2.80. The Kier molecular flexibility index (Phi) is 4.32. The zero-order valence-corrected chi connectivity index (χ0v) is 9.75. The minimum absolute atomic E-state index is 0.0254. The van der Waals surface area contributed by atoms with E-state index in [0.29, 0.717) is 6.42 Å². The Labute approximate surface area is 93.9 Å². The Hall–Kier alpha value is -1.34. The van der Waals surface area contributed by atoms with E-state index < -0.39 is 6.04 Å². The van der Waals surface area contributed by atoms with E-state index in [2.05, 4.69) is 6.07 Å². The molecular formula is C11H14N2OS. The Balaban J connectivity index is 2.76.